The topological polar surface area (TPSA) is 21.3 Å². The summed E-state index contributed by atoms with van der Waals surface area (Å²) in [6, 6.07) is 12.5. The van der Waals surface area contributed by atoms with Crippen LogP contribution in [-0.2, 0) is 6.54 Å². The Bertz CT molecular complexity index is 589. The molecular weight excluding hydrogens is 270 g/mol. The van der Waals surface area contributed by atoms with Crippen LogP contribution < -0.4 is 10.1 Å². The molecule has 0 heterocycles. The van der Waals surface area contributed by atoms with E-state index in [9.17, 15) is 0 Å². The summed E-state index contributed by atoms with van der Waals surface area (Å²) in [4.78, 5) is 0. The second kappa shape index (κ2) is 8.47. The molecule has 0 unspecified atom stereocenters. The molecule has 2 nitrogen and oxygen atoms in total. The first-order valence-electron chi connectivity index (χ1n) is 6.64. The Balaban J connectivity index is 0.00000200. The maximum atomic E-state index is 5.83. The van der Waals surface area contributed by atoms with Crippen molar-refractivity contribution in [2.24, 2.45) is 0 Å². The largest absolute Gasteiger partial charge is 0.493 e. The normalized spacial score (nSPS) is 9.80. The fourth-order valence-electron chi connectivity index (χ4n) is 2.11. The van der Waals surface area contributed by atoms with Crippen LogP contribution in [0.15, 0.2) is 36.4 Å². The molecule has 20 heavy (non-hydrogen) atoms. The van der Waals surface area contributed by atoms with Gasteiger partial charge in [-0.25, -0.2) is 0 Å². The molecule has 2 rings (SSSR count). The van der Waals surface area contributed by atoms with Crippen molar-refractivity contribution in [2.45, 2.75) is 19.9 Å². The fraction of sp³-hybridized carbons (Fsp3) is 0.294. The quantitative estimate of drug-likeness (QED) is 0.645. The van der Waals surface area contributed by atoms with Gasteiger partial charge < -0.3 is 10.1 Å². The van der Waals surface area contributed by atoms with Gasteiger partial charge in [0.15, 0.2) is 0 Å². The summed E-state index contributed by atoms with van der Waals surface area (Å²) < 4.78 is 5.83. The summed E-state index contributed by atoms with van der Waals surface area (Å²) in [5, 5.41) is 5.69. The highest BCUT2D eigenvalue weighted by Gasteiger charge is 2.08. The van der Waals surface area contributed by atoms with Crippen molar-refractivity contribution >= 4 is 23.2 Å². The zero-order valence-corrected chi connectivity index (χ0v) is 12.5. The lowest BCUT2D eigenvalue weighted by atomic mass is 10.0. The molecule has 0 bridgehead atoms. The Morgan fingerprint density at radius 2 is 2.00 bits per heavy atom. The molecule has 0 fully saturated rings. The number of fused-ring (bicyclic) bond motifs is 1. The molecule has 2 aromatic carbocycles. The maximum absolute atomic E-state index is 5.83. The van der Waals surface area contributed by atoms with Crippen LogP contribution in [0.5, 0.6) is 5.75 Å². The lowest BCUT2D eigenvalue weighted by Crippen LogP contribution is -2.14. The molecule has 0 saturated carbocycles. The second-order valence-electron chi connectivity index (χ2n) is 4.42. The third-order valence-electron chi connectivity index (χ3n) is 2.99. The van der Waals surface area contributed by atoms with Gasteiger partial charge in [-0.1, -0.05) is 43.2 Å². The Kier molecular flexibility index (Phi) is 6.93. The van der Waals surface area contributed by atoms with Gasteiger partial charge in [-0.2, -0.15) is 0 Å². The zero-order chi connectivity index (χ0) is 13.5. The van der Waals surface area contributed by atoms with Gasteiger partial charge in [0.1, 0.15) is 5.75 Å². The van der Waals surface area contributed by atoms with Crippen molar-refractivity contribution in [1.29, 1.82) is 0 Å². The molecule has 0 aliphatic carbocycles. The molecule has 0 amide bonds. The average Bonchev–Trinajstić information content (AvgIpc) is 2.46. The summed E-state index contributed by atoms with van der Waals surface area (Å²) in [7, 11) is 0. The molecule has 0 radical (unpaired) electrons. The smallest absolute Gasteiger partial charge is 0.124 e. The van der Waals surface area contributed by atoms with Crippen molar-refractivity contribution in [3.8, 4) is 18.1 Å². The van der Waals surface area contributed by atoms with Crippen LogP contribution in [0, 0.1) is 12.3 Å². The lowest BCUT2D eigenvalue weighted by molar-refractivity contribution is 0.314. The Morgan fingerprint density at radius 1 is 1.20 bits per heavy atom. The zero-order valence-electron chi connectivity index (χ0n) is 11.7. The minimum absolute atomic E-state index is 0. The highest BCUT2D eigenvalue weighted by molar-refractivity contribution is 5.87. The van der Waals surface area contributed by atoms with Gasteiger partial charge in [0.25, 0.3) is 0 Å². The summed E-state index contributed by atoms with van der Waals surface area (Å²) in [6.45, 7) is 4.14. The number of hydrogen-bond donors (Lipinski definition) is 1. The maximum Gasteiger partial charge on any atom is 0.124 e. The molecule has 0 aliphatic heterocycles. The number of nitrogens with one attached hydrogen (secondary N) is 1. The number of ether oxygens (including phenoxy) is 1. The van der Waals surface area contributed by atoms with Crippen LogP contribution >= 0.6 is 12.4 Å². The average molecular weight is 290 g/mol. The van der Waals surface area contributed by atoms with E-state index >= 15 is 0 Å². The first-order valence-corrected chi connectivity index (χ1v) is 6.64. The summed E-state index contributed by atoms with van der Waals surface area (Å²) >= 11 is 0. The van der Waals surface area contributed by atoms with Crippen LogP contribution in [0.3, 0.4) is 0 Å². The van der Waals surface area contributed by atoms with E-state index < -0.39 is 0 Å². The molecule has 0 spiro atoms. The van der Waals surface area contributed by atoms with E-state index in [0.29, 0.717) is 6.54 Å². The SMILES string of the molecule is C#CCNCc1c(OCCC)ccc2ccccc12.Cl. The van der Waals surface area contributed by atoms with Crippen molar-refractivity contribution in [1.82, 2.24) is 5.32 Å². The molecule has 0 aromatic heterocycles. The van der Waals surface area contributed by atoms with E-state index in [4.69, 9.17) is 11.2 Å². The second-order valence-corrected chi connectivity index (χ2v) is 4.42. The van der Waals surface area contributed by atoms with Gasteiger partial charge in [-0.3, -0.25) is 0 Å². The van der Waals surface area contributed by atoms with Crippen LogP contribution in [0.1, 0.15) is 18.9 Å². The van der Waals surface area contributed by atoms with E-state index in [0.717, 1.165) is 25.3 Å². The Labute approximate surface area is 126 Å². The number of benzene rings is 2. The van der Waals surface area contributed by atoms with Gasteiger partial charge in [0.2, 0.25) is 0 Å². The Hall–Kier alpha value is -1.69. The monoisotopic (exact) mass is 289 g/mol. The van der Waals surface area contributed by atoms with Crippen molar-refractivity contribution in [2.75, 3.05) is 13.2 Å². The molecule has 3 heteroatoms. The standard InChI is InChI=1S/C17H19NO.ClH/c1-3-11-18-13-16-15-8-6-5-7-14(15)9-10-17(16)19-12-4-2;/h1,5-10,18H,4,11-13H2,2H3;1H. The van der Waals surface area contributed by atoms with Gasteiger partial charge in [0.05, 0.1) is 13.2 Å². The minimum atomic E-state index is 0. The summed E-state index contributed by atoms with van der Waals surface area (Å²) in [5.41, 5.74) is 1.18. The molecule has 2 aromatic rings. The fourth-order valence-corrected chi connectivity index (χ4v) is 2.11. The number of terminal acetylenes is 1. The van der Waals surface area contributed by atoms with E-state index in [-0.39, 0.29) is 12.4 Å². The van der Waals surface area contributed by atoms with Crippen LogP contribution in [-0.4, -0.2) is 13.2 Å². The minimum Gasteiger partial charge on any atom is -0.493 e. The lowest BCUT2D eigenvalue weighted by Gasteiger charge is -2.14. The summed E-state index contributed by atoms with van der Waals surface area (Å²) in [6.07, 6.45) is 6.28. The first-order chi connectivity index (χ1) is 9.36. The molecule has 0 saturated heterocycles. The third-order valence-corrected chi connectivity index (χ3v) is 2.99. The van der Waals surface area contributed by atoms with Crippen LogP contribution in [0.4, 0.5) is 0 Å². The van der Waals surface area contributed by atoms with Crippen molar-refractivity contribution in [3.63, 3.8) is 0 Å². The highest BCUT2D eigenvalue weighted by atomic mass is 35.5. The van der Waals surface area contributed by atoms with Crippen LogP contribution in [0.25, 0.3) is 10.8 Å². The van der Waals surface area contributed by atoms with Gasteiger partial charge in [0, 0.05) is 12.1 Å². The van der Waals surface area contributed by atoms with E-state index in [1.54, 1.807) is 0 Å². The van der Waals surface area contributed by atoms with Gasteiger partial charge >= 0.3 is 0 Å². The number of halogens is 1. The molecule has 0 atom stereocenters. The van der Waals surface area contributed by atoms with E-state index in [1.165, 1.54) is 16.3 Å². The van der Waals surface area contributed by atoms with E-state index in [2.05, 4.69) is 42.4 Å². The molecule has 1 N–H and O–H groups in total. The van der Waals surface area contributed by atoms with Crippen molar-refractivity contribution < 1.29 is 4.74 Å². The predicted octanol–water partition coefficient (Wildman–Crippen LogP) is 3.77. The van der Waals surface area contributed by atoms with Gasteiger partial charge in [-0.15, -0.1) is 18.8 Å². The first kappa shape index (κ1) is 16.4. The summed E-state index contributed by atoms with van der Waals surface area (Å²) in [5.74, 6) is 3.55. The van der Waals surface area contributed by atoms with E-state index in [1.807, 2.05) is 12.1 Å². The van der Waals surface area contributed by atoms with Crippen LogP contribution in [0.2, 0.25) is 0 Å². The molecular formula is C17H20ClNO. The van der Waals surface area contributed by atoms with Crippen molar-refractivity contribution in [3.05, 3.63) is 42.0 Å². The third kappa shape index (κ3) is 3.90. The van der Waals surface area contributed by atoms with Gasteiger partial charge in [-0.05, 0) is 23.3 Å². The Morgan fingerprint density at radius 3 is 2.75 bits per heavy atom. The molecule has 0 aliphatic rings. The molecule has 106 valence electrons. The number of hydrogen-bond acceptors (Lipinski definition) is 2. The number of rotatable bonds is 6. The predicted molar refractivity (Wildman–Crippen MR) is 87.5 cm³/mol. The highest BCUT2D eigenvalue weighted by Crippen LogP contribution is 2.28.